The van der Waals surface area contributed by atoms with E-state index < -0.39 is 0 Å². The van der Waals surface area contributed by atoms with Gasteiger partial charge in [0.15, 0.2) is 0 Å². The van der Waals surface area contributed by atoms with E-state index in [9.17, 15) is 0 Å². The maximum absolute atomic E-state index is 2.32. The topological polar surface area (TPSA) is 0 Å². The van der Waals surface area contributed by atoms with E-state index in [0.717, 1.165) is 0 Å². The zero-order chi connectivity index (χ0) is 10.1. The zero-order valence-electron chi connectivity index (χ0n) is 9.00. The first-order chi connectivity index (χ1) is 6.74. The molecule has 0 amide bonds. The monoisotopic (exact) mass is 204 g/mol. The normalized spacial score (nSPS) is 13.4. The average molecular weight is 204 g/mol. The molecule has 74 valence electrons. The van der Waals surface area contributed by atoms with Crippen LogP contribution in [0, 0.1) is 6.92 Å². The Kier molecular flexibility index (Phi) is 2.60. The summed E-state index contributed by atoms with van der Waals surface area (Å²) >= 11 is 1.96. The molecule has 1 heterocycles. The second kappa shape index (κ2) is 3.74. The van der Waals surface area contributed by atoms with Gasteiger partial charge in [0, 0.05) is 9.58 Å². The van der Waals surface area contributed by atoms with E-state index in [-0.39, 0.29) is 0 Å². The van der Waals surface area contributed by atoms with Crippen LogP contribution in [0.4, 0.5) is 0 Å². The fourth-order valence-corrected chi connectivity index (χ4v) is 3.19. The molecular formula is C13H16S. The quantitative estimate of drug-likeness (QED) is 0.663. The van der Waals surface area contributed by atoms with Gasteiger partial charge in [-0.2, -0.15) is 0 Å². The van der Waals surface area contributed by atoms with Crippen LogP contribution in [0.5, 0.6) is 0 Å². The van der Waals surface area contributed by atoms with Gasteiger partial charge in [0.05, 0.1) is 0 Å². The number of aryl methyl sites for hydroxylation is 1. The summed E-state index contributed by atoms with van der Waals surface area (Å²) in [6.45, 7) is 6.83. The number of benzene rings is 1. The van der Waals surface area contributed by atoms with E-state index in [1.807, 2.05) is 11.3 Å². The Morgan fingerprint density at radius 3 is 2.64 bits per heavy atom. The average Bonchev–Trinajstić information content (AvgIpc) is 2.56. The number of fused-ring (bicyclic) bond motifs is 1. The van der Waals surface area contributed by atoms with Crippen molar-refractivity contribution in [2.45, 2.75) is 33.1 Å². The molecule has 0 nitrogen and oxygen atoms in total. The van der Waals surface area contributed by atoms with Crippen molar-refractivity contribution in [2.75, 3.05) is 0 Å². The van der Waals surface area contributed by atoms with Gasteiger partial charge in [-0.3, -0.25) is 0 Å². The fraction of sp³-hybridized carbons (Fsp3) is 0.385. The number of hydrogen-bond acceptors (Lipinski definition) is 1. The summed E-state index contributed by atoms with van der Waals surface area (Å²) in [5.74, 6) is 0.701. The van der Waals surface area contributed by atoms with E-state index in [0.29, 0.717) is 5.92 Å². The van der Waals surface area contributed by atoms with Gasteiger partial charge in [0.2, 0.25) is 0 Å². The van der Waals surface area contributed by atoms with Gasteiger partial charge in [-0.15, -0.1) is 11.3 Å². The molecule has 14 heavy (non-hydrogen) atoms. The van der Waals surface area contributed by atoms with Crippen LogP contribution < -0.4 is 0 Å². The SMILES string of the molecule is CCC(C)c1sc2ccccc2c1C. The molecule has 0 radical (unpaired) electrons. The summed E-state index contributed by atoms with van der Waals surface area (Å²) < 4.78 is 1.43. The van der Waals surface area contributed by atoms with Crippen molar-refractivity contribution in [3.8, 4) is 0 Å². The van der Waals surface area contributed by atoms with Crippen LogP contribution in [0.3, 0.4) is 0 Å². The number of thiophene rings is 1. The predicted octanol–water partition coefficient (Wildman–Crippen LogP) is 4.72. The Labute approximate surface area is 89.6 Å². The Morgan fingerprint density at radius 1 is 1.29 bits per heavy atom. The third-order valence-electron chi connectivity index (χ3n) is 2.94. The van der Waals surface area contributed by atoms with Gasteiger partial charge in [0.1, 0.15) is 0 Å². The maximum atomic E-state index is 2.32. The summed E-state index contributed by atoms with van der Waals surface area (Å²) in [4.78, 5) is 1.56. The molecule has 0 bridgehead atoms. The summed E-state index contributed by atoms with van der Waals surface area (Å²) in [6, 6.07) is 8.70. The summed E-state index contributed by atoms with van der Waals surface area (Å²) in [6.07, 6.45) is 1.23. The largest absolute Gasteiger partial charge is 0.140 e. The Morgan fingerprint density at radius 2 is 2.00 bits per heavy atom. The molecule has 0 fully saturated rings. The smallest absolute Gasteiger partial charge is 0.0348 e. The molecule has 2 aromatic rings. The van der Waals surface area contributed by atoms with E-state index in [2.05, 4.69) is 45.0 Å². The van der Waals surface area contributed by atoms with Crippen molar-refractivity contribution < 1.29 is 0 Å². The lowest BCUT2D eigenvalue weighted by Crippen LogP contribution is -1.88. The molecule has 0 saturated heterocycles. The minimum Gasteiger partial charge on any atom is -0.140 e. The second-order valence-electron chi connectivity index (χ2n) is 3.90. The lowest BCUT2D eigenvalue weighted by atomic mass is 10.0. The molecule has 1 unspecified atom stereocenters. The second-order valence-corrected chi connectivity index (χ2v) is 4.98. The van der Waals surface area contributed by atoms with Crippen LogP contribution in [0.1, 0.15) is 36.6 Å². The molecular weight excluding hydrogens is 188 g/mol. The highest BCUT2D eigenvalue weighted by Gasteiger charge is 2.12. The van der Waals surface area contributed by atoms with Crippen LogP contribution in [0.25, 0.3) is 10.1 Å². The fourth-order valence-electron chi connectivity index (χ4n) is 1.85. The zero-order valence-corrected chi connectivity index (χ0v) is 9.82. The lowest BCUT2D eigenvalue weighted by molar-refractivity contribution is 0.744. The summed E-state index contributed by atoms with van der Waals surface area (Å²) in [5, 5.41) is 1.44. The summed E-state index contributed by atoms with van der Waals surface area (Å²) in [7, 11) is 0. The highest BCUT2D eigenvalue weighted by molar-refractivity contribution is 7.19. The van der Waals surface area contributed by atoms with E-state index in [4.69, 9.17) is 0 Å². The first-order valence-corrected chi connectivity index (χ1v) is 6.03. The molecule has 0 aliphatic carbocycles. The van der Waals surface area contributed by atoms with E-state index in [1.54, 1.807) is 4.88 Å². The summed E-state index contributed by atoms with van der Waals surface area (Å²) in [5.41, 5.74) is 1.49. The first kappa shape index (κ1) is 9.72. The molecule has 1 aromatic carbocycles. The molecule has 0 aliphatic rings. The van der Waals surface area contributed by atoms with Crippen LogP contribution >= 0.6 is 11.3 Å². The van der Waals surface area contributed by atoms with Crippen molar-refractivity contribution >= 4 is 21.4 Å². The first-order valence-electron chi connectivity index (χ1n) is 5.22. The highest BCUT2D eigenvalue weighted by atomic mass is 32.1. The van der Waals surface area contributed by atoms with Crippen molar-refractivity contribution in [1.82, 2.24) is 0 Å². The Balaban J connectivity index is 2.62. The van der Waals surface area contributed by atoms with Gasteiger partial charge in [-0.05, 0) is 36.3 Å². The van der Waals surface area contributed by atoms with E-state index in [1.165, 1.54) is 22.1 Å². The van der Waals surface area contributed by atoms with Gasteiger partial charge in [0.25, 0.3) is 0 Å². The third-order valence-corrected chi connectivity index (χ3v) is 4.44. The minimum absolute atomic E-state index is 0.701. The molecule has 0 N–H and O–H groups in total. The van der Waals surface area contributed by atoms with Gasteiger partial charge in [-0.1, -0.05) is 32.0 Å². The predicted molar refractivity (Wildman–Crippen MR) is 65.3 cm³/mol. The molecule has 0 saturated carbocycles. The van der Waals surface area contributed by atoms with E-state index >= 15 is 0 Å². The Hall–Kier alpha value is -0.820. The van der Waals surface area contributed by atoms with Crippen molar-refractivity contribution in [3.05, 3.63) is 34.7 Å². The molecule has 1 aromatic heterocycles. The van der Waals surface area contributed by atoms with Crippen molar-refractivity contribution in [3.63, 3.8) is 0 Å². The maximum Gasteiger partial charge on any atom is 0.0348 e. The molecule has 1 heteroatoms. The molecule has 1 atom stereocenters. The van der Waals surface area contributed by atoms with Crippen LogP contribution in [0.15, 0.2) is 24.3 Å². The Bertz CT molecular complexity index is 439. The van der Waals surface area contributed by atoms with Crippen molar-refractivity contribution in [2.24, 2.45) is 0 Å². The van der Waals surface area contributed by atoms with Gasteiger partial charge in [-0.25, -0.2) is 0 Å². The molecule has 0 aliphatic heterocycles. The molecule has 0 spiro atoms. The number of rotatable bonds is 2. The van der Waals surface area contributed by atoms with Crippen LogP contribution in [0.2, 0.25) is 0 Å². The highest BCUT2D eigenvalue weighted by Crippen LogP contribution is 2.36. The lowest BCUT2D eigenvalue weighted by Gasteiger charge is -2.06. The minimum atomic E-state index is 0.701. The van der Waals surface area contributed by atoms with Gasteiger partial charge >= 0.3 is 0 Å². The molecule has 2 rings (SSSR count). The van der Waals surface area contributed by atoms with Crippen LogP contribution in [-0.4, -0.2) is 0 Å². The van der Waals surface area contributed by atoms with Crippen molar-refractivity contribution in [1.29, 1.82) is 0 Å². The third kappa shape index (κ3) is 1.46. The standard InChI is InChI=1S/C13H16S/c1-4-9(2)13-10(3)11-7-5-6-8-12(11)14-13/h5-9H,4H2,1-3H3. The van der Waals surface area contributed by atoms with Gasteiger partial charge < -0.3 is 0 Å². The number of hydrogen-bond donors (Lipinski definition) is 0. The van der Waals surface area contributed by atoms with Crippen LogP contribution in [-0.2, 0) is 0 Å².